The molecule has 2 rings (SSSR count). The lowest BCUT2D eigenvalue weighted by molar-refractivity contribution is 0.132. The molecule has 1 nitrogen and oxygen atoms in total. The van der Waals surface area contributed by atoms with Crippen LogP contribution in [0.5, 0.6) is 0 Å². The molecule has 0 heterocycles. The molecule has 0 radical (unpaired) electrons. The number of rotatable bonds is 4. The zero-order valence-electron chi connectivity index (χ0n) is 13.0. The fourth-order valence-electron chi connectivity index (χ4n) is 3.67. The molecule has 0 aromatic carbocycles. The van der Waals surface area contributed by atoms with Gasteiger partial charge in [-0.2, -0.15) is 0 Å². The van der Waals surface area contributed by atoms with E-state index in [1.165, 1.54) is 51.5 Å². The second-order valence-electron chi connectivity index (χ2n) is 7.84. The summed E-state index contributed by atoms with van der Waals surface area (Å²) in [5.41, 5.74) is 0.434. The Kier molecular flexibility index (Phi) is 4.75. The van der Waals surface area contributed by atoms with Gasteiger partial charge >= 0.3 is 0 Å². The molecule has 2 aliphatic rings. The van der Waals surface area contributed by atoms with Gasteiger partial charge in [-0.3, -0.25) is 0 Å². The first-order valence-electron chi connectivity index (χ1n) is 8.22. The minimum absolute atomic E-state index is 0.434. The molecular weight excluding hydrogens is 218 g/mol. The molecule has 2 fully saturated rings. The lowest BCUT2D eigenvalue weighted by atomic mass is 9.69. The van der Waals surface area contributed by atoms with Gasteiger partial charge in [0.2, 0.25) is 0 Å². The van der Waals surface area contributed by atoms with Crippen LogP contribution in [-0.4, -0.2) is 12.6 Å². The Morgan fingerprint density at radius 3 is 2.33 bits per heavy atom. The van der Waals surface area contributed by atoms with E-state index in [4.69, 9.17) is 0 Å². The van der Waals surface area contributed by atoms with E-state index in [1.807, 2.05) is 0 Å². The molecule has 3 atom stereocenters. The monoisotopic (exact) mass is 251 g/mol. The van der Waals surface area contributed by atoms with E-state index in [-0.39, 0.29) is 0 Å². The van der Waals surface area contributed by atoms with Crippen LogP contribution >= 0.6 is 0 Å². The van der Waals surface area contributed by atoms with Crippen molar-refractivity contribution in [3.05, 3.63) is 0 Å². The summed E-state index contributed by atoms with van der Waals surface area (Å²) in [5, 5.41) is 3.88. The first-order chi connectivity index (χ1) is 8.49. The molecular formula is C17H33N. The maximum absolute atomic E-state index is 3.88. The van der Waals surface area contributed by atoms with E-state index in [0.29, 0.717) is 5.41 Å². The highest BCUT2D eigenvalue weighted by Crippen LogP contribution is 2.40. The van der Waals surface area contributed by atoms with Crippen LogP contribution in [0.4, 0.5) is 0 Å². The van der Waals surface area contributed by atoms with Gasteiger partial charge in [-0.15, -0.1) is 0 Å². The summed E-state index contributed by atoms with van der Waals surface area (Å²) >= 11 is 0. The quantitative estimate of drug-likeness (QED) is 0.769. The van der Waals surface area contributed by atoms with Crippen LogP contribution in [0.2, 0.25) is 0 Å². The van der Waals surface area contributed by atoms with Crippen LogP contribution < -0.4 is 5.32 Å². The predicted octanol–water partition coefficient (Wildman–Crippen LogP) is 4.62. The third-order valence-corrected chi connectivity index (χ3v) is 5.95. The van der Waals surface area contributed by atoms with Crippen LogP contribution in [0, 0.1) is 23.2 Å². The van der Waals surface area contributed by atoms with Crippen molar-refractivity contribution in [3.8, 4) is 0 Å². The summed E-state index contributed by atoms with van der Waals surface area (Å²) < 4.78 is 0. The molecule has 0 amide bonds. The maximum atomic E-state index is 3.88. The number of hydrogen-bond acceptors (Lipinski definition) is 1. The molecule has 0 saturated heterocycles. The number of nitrogens with one attached hydrogen (secondary N) is 1. The van der Waals surface area contributed by atoms with E-state index >= 15 is 0 Å². The van der Waals surface area contributed by atoms with Crippen molar-refractivity contribution in [1.29, 1.82) is 0 Å². The zero-order valence-corrected chi connectivity index (χ0v) is 13.0. The lowest BCUT2D eigenvalue weighted by Crippen LogP contribution is -2.43. The Bertz CT molecular complexity index is 256. The molecule has 0 aliphatic heterocycles. The highest BCUT2D eigenvalue weighted by Gasteiger charge is 2.32. The first-order valence-corrected chi connectivity index (χ1v) is 8.22. The number of fused-ring (bicyclic) bond motifs is 1. The topological polar surface area (TPSA) is 12.0 Å². The average Bonchev–Trinajstić information content (AvgIpc) is 2.36. The standard InChI is InChI=1S/C17H33N/c1-13(2)17(3,4)12-18-16-10-9-14-7-5-6-8-15(14)11-16/h13-16,18H,5-12H2,1-4H3. The fraction of sp³-hybridized carbons (Fsp3) is 1.00. The molecule has 1 heteroatoms. The van der Waals surface area contributed by atoms with Gasteiger partial charge in [0.05, 0.1) is 0 Å². The molecule has 0 bridgehead atoms. The molecule has 18 heavy (non-hydrogen) atoms. The van der Waals surface area contributed by atoms with Crippen molar-refractivity contribution >= 4 is 0 Å². The fourth-order valence-corrected chi connectivity index (χ4v) is 3.67. The third kappa shape index (κ3) is 3.50. The van der Waals surface area contributed by atoms with Crippen molar-refractivity contribution in [1.82, 2.24) is 5.32 Å². The summed E-state index contributed by atoms with van der Waals surface area (Å²) in [4.78, 5) is 0. The minimum atomic E-state index is 0.434. The summed E-state index contributed by atoms with van der Waals surface area (Å²) in [6, 6.07) is 0.808. The zero-order chi connectivity index (χ0) is 13.2. The highest BCUT2D eigenvalue weighted by atomic mass is 14.9. The molecule has 2 aliphatic carbocycles. The summed E-state index contributed by atoms with van der Waals surface area (Å²) in [7, 11) is 0. The maximum Gasteiger partial charge on any atom is 0.00701 e. The molecule has 3 unspecified atom stereocenters. The van der Waals surface area contributed by atoms with Crippen molar-refractivity contribution in [2.75, 3.05) is 6.54 Å². The minimum Gasteiger partial charge on any atom is -0.313 e. The smallest absolute Gasteiger partial charge is 0.00701 e. The van der Waals surface area contributed by atoms with Gasteiger partial charge in [0, 0.05) is 12.6 Å². The van der Waals surface area contributed by atoms with Gasteiger partial charge in [0.1, 0.15) is 0 Å². The van der Waals surface area contributed by atoms with Crippen molar-refractivity contribution in [2.45, 2.75) is 78.7 Å². The lowest BCUT2D eigenvalue weighted by Gasteiger charge is -2.41. The van der Waals surface area contributed by atoms with Gasteiger partial charge in [-0.25, -0.2) is 0 Å². The Morgan fingerprint density at radius 2 is 1.67 bits per heavy atom. The number of hydrogen-bond donors (Lipinski definition) is 1. The molecule has 106 valence electrons. The molecule has 0 aromatic heterocycles. The third-order valence-electron chi connectivity index (χ3n) is 5.95. The molecule has 0 aromatic rings. The Hall–Kier alpha value is -0.0400. The summed E-state index contributed by atoms with van der Waals surface area (Å²) in [5.74, 6) is 2.89. The van der Waals surface area contributed by atoms with E-state index in [2.05, 4.69) is 33.0 Å². The van der Waals surface area contributed by atoms with E-state index in [0.717, 1.165) is 23.8 Å². The largest absolute Gasteiger partial charge is 0.313 e. The second kappa shape index (κ2) is 5.94. The Labute approximate surface area is 114 Å². The van der Waals surface area contributed by atoms with Crippen LogP contribution in [0.15, 0.2) is 0 Å². The first kappa shape index (κ1) is 14.4. The normalized spacial score (nSPS) is 33.5. The highest BCUT2D eigenvalue weighted by molar-refractivity contribution is 4.87. The van der Waals surface area contributed by atoms with E-state index in [9.17, 15) is 0 Å². The van der Waals surface area contributed by atoms with Crippen LogP contribution in [0.25, 0.3) is 0 Å². The van der Waals surface area contributed by atoms with Crippen molar-refractivity contribution in [2.24, 2.45) is 23.2 Å². The molecule has 0 spiro atoms. The SMILES string of the molecule is CC(C)C(C)(C)CNC1CCC2CCCCC2C1. The Morgan fingerprint density at radius 1 is 1.00 bits per heavy atom. The second-order valence-corrected chi connectivity index (χ2v) is 7.84. The van der Waals surface area contributed by atoms with E-state index in [1.54, 1.807) is 0 Å². The molecule has 1 N–H and O–H groups in total. The van der Waals surface area contributed by atoms with Crippen LogP contribution in [-0.2, 0) is 0 Å². The van der Waals surface area contributed by atoms with Gasteiger partial charge in [-0.05, 0) is 42.4 Å². The average molecular weight is 251 g/mol. The predicted molar refractivity (Wildman–Crippen MR) is 79.7 cm³/mol. The van der Waals surface area contributed by atoms with Gasteiger partial charge < -0.3 is 5.32 Å². The molecule has 2 saturated carbocycles. The van der Waals surface area contributed by atoms with Gasteiger partial charge in [0.15, 0.2) is 0 Å². The van der Waals surface area contributed by atoms with Crippen LogP contribution in [0.1, 0.15) is 72.6 Å². The Balaban J connectivity index is 1.78. The summed E-state index contributed by atoms with van der Waals surface area (Å²) in [6.07, 6.45) is 10.4. The van der Waals surface area contributed by atoms with Crippen molar-refractivity contribution < 1.29 is 0 Å². The summed E-state index contributed by atoms with van der Waals surface area (Å²) in [6.45, 7) is 10.7. The van der Waals surface area contributed by atoms with Gasteiger partial charge in [0.25, 0.3) is 0 Å². The van der Waals surface area contributed by atoms with Crippen LogP contribution in [0.3, 0.4) is 0 Å². The van der Waals surface area contributed by atoms with E-state index < -0.39 is 0 Å². The van der Waals surface area contributed by atoms with Crippen molar-refractivity contribution in [3.63, 3.8) is 0 Å². The van der Waals surface area contributed by atoms with Gasteiger partial charge in [-0.1, -0.05) is 53.4 Å².